The molecular weight excluding hydrogens is 665 g/mol. The van der Waals surface area contributed by atoms with Crippen molar-refractivity contribution in [2.75, 3.05) is 10.8 Å². The highest BCUT2D eigenvalue weighted by Crippen LogP contribution is 2.31. The standard InChI is InChI=1S/C35H36Cl3N3O4S/c1-24-14-17-27(18-15-24)46(44,45)41(31-13-9-8-12-29(31)37)23-33(42)40(22-26-16-19-28(36)30(38)20-26)32(34(43)39-35(2,3)4)21-25-10-6-5-7-11-25/h5-20,32H,21-23H2,1-4H3,(H,39,43)/t32-/m0/s1. The van der Waals surface area contributed by atoms with E-state index in [2.05, 4.69) is 5.32 Å². The van der Waals surface area contributed by atoms with E-state index in [1.54, 1.807) is 54.6 Å². The molecule has 0 radical (unpaired) electrons. The lowest BCUT2D eigenvalue weighted by Gasteiger charge is -2.35. The number of rotatable bonds is 11. The van der Waals surface area contributed by atoms with E-state index >= 15 is 0 Å². The molecule has 4 aromatic rings. The van der Waals surface area contributed by atoms with Crippen LogP contribution in [0.25, 0.3) is 0 Å². The molecule has 0 aromatic heterocycles. The van der Waals surface area contributed by atoms with Gasteiger partial charge >= 0.3 is 0 Å². The summed E-state index contributed by atoms with van der Waals surface area (Å²) in [7, 11) is -4.28. The van der Waals surface area contributed by atoms with E-state index in [1.165, 1.54) is 17.0 Å². The van der Waals surface area contributed by atoms with E-state index in [0.29, 0.717) is 10.6 Å². The zero-order valence-electron chi connectivity index (χ0n) is 26.0. The van der Waals surface area contributed by atoms with Gasteiger partial charge in [0.15, 0.2) is 0 Å². The number of aryl methyl sites for hydroxylation is 1. The number of hydrogen-bond donors (Lipinski definition) is 1. The number of nitrogens with one attached hydrogen (secondary N) is 1. The molecule has 0 saturated carbocycles. The molecule has 4 aromatic carbocycles. The molecule has 0 heterocycles. The Morgan fingerprint density at radius 3 is 2.02 bits per heavy atom. The lowest BCUT2D eigenvalue weighted by atomic mass is 10.0. The number of halogens is 3. The van der Waals surface area contributed by atoms with Crippen LogP contribution in [0.3, 0.4) is 0 Å². The summed E-state index contributed by atoms with van der Waals surface area (Å²) in [4.78, 5) is 29.9. The molecule has 4 rings (SSSR count). The maximum atomic E-state index is 14.6. The molecule has 0 saturated heterocycles. The number of benzene rings is 4. The van der Waals surface area contributed by atoms with Crippen LogP contribution in [0, 0.1) is 6.92 Å². The Bertz CT molecular complexity index is 1790. The molecule has 1 atom stereocenters. The molecule has 0 aliphatic carbocycles. The number of sulfonamides is 1. The highest BCUT2D eigenvalue weighted by Gasteiger charge is 2.36. The van der Waals surface area contributed by atoms with Gasteiger partial charge in [0.1, 0.15) is 12.6 Å². The number of carbonyl (C=O) groups excluding carboxylic acids is 2. The van der Waals surface area contributed by atoms with E-state index in [9.17, 15) is 18.0 Å². The predicted octanol–water partition coefficient (Wildman–Crippen LogP) is 7.71. The quantitative estimate of drug-likeness (QED) is 0.174. The fourth-order valence-electron chi connectivity index (χ4n) is 4.85. The first kappa shape index (κ1) is 35.3. The summed E-state index contributed by atoms with van der Waals surface area (Å²) >= 11 is 19.1. The maximum absolute atomic E-state index is 14.6. The van der Waals surface area contributed by atoms with Gasteiger partial charge in [-0.1, -0.05) is 101 Å². The first-order valence-corrected chi connectivity index (χ1v) is 17.2. The first-order valence-electron chi connectivity index (χ1n) is 14.6. The second kappa shape index (κ2) is 14.9. The summed E-state index contributed by atoms with van der Waals surface area (Å²) < 4.78 is 29.3. The number of para-hydroxylation sites is 1. The van der Waals surface area contributed by atoms with Crippen molar-refractivity contribution in [1.82, 2.24) is 10.2 Å². The number of amides is 2. The maximum Gasteiger partial charge on any atom is 0.264 e. The van der Waals surface area contributed by atoms with Crippen LogP contribution in [0.15, 0.2) is 102 Å². The molecule has 0 spiro atoms. The van der Waals surface area contributed by atoms with Crippen molar-refractivity contribution in [2.24, 2.45) is 0 Å². The topological polar surface area (TPSA) is 86.8 Å². The first-order chi connectivity index (χ1) is 21.7. The lowest BCUT2D eigenvalue weighted by molar-refractivity contribution is -0.140. The number of carbonyl (C=O) groups is 2. The van der Waals surface area contributed by atoms with Gasteiger partial charge < -0.3 is 10.2 Å². The summed E-state index contributed by atoms with van der Waals surface area (Å²) in [6.07, 6.45) is 0.173. The molecule has 1 N–H and O–H groups in total. The summed E-state index contributed by atoms with van der Waals surface area (Å²) in [5.41, 5.74) is 1.82. The van der Waals surface area contributed by atoms with Crippen molar-refractivity contribution < 1.29 is 18.0 Å². The molecule has 0 aliphatic heterocycles. The van der Waals surface area contributed by atoms with Crippen molar-refractivity contribution in [2.45, 2.75) is 57.1 Å². The van der Waals surface area contributed by atoms with Gasteiger partial charge in [-0.2, -0.15) is 0 Å². The molecule has 2 amide bonds. The summed E-state index contributed by atoms with van der Waals surface area (Å²) in [6.45, 7) is 6.72. The molecule has 0 aliphatic rings. The molecule has 0 bridgehead atoms. The minimum absolute atomic E-state index is 0.00633. The fraction of sp³-hybridized carbons (Fsp3) is 0.257. The average Bonchev–Trinajstić information content (AvgIpc) is 2.99. The number of hydrogen-bond acceptors (Lipinski definition) is 4. The minimum Gasteiger partial charge on any atom is -0.350 e. The third-order valence-electron chi connectivity index (χ3n) is 7.12. The van der Waals surface area contributed by atoms with Gasteiger partial charge in [-0.05, 0) is 75.2 Å². The third-order valence-corrected chi connectivity index (χ3v) is 9.95. The van der Waals surface area contributed by atoms with Gasteiger partial charge in [0, 0.05) is 18.5 Å². The Morgan fingerprint density at radius 1 is 0.783 bits per heavy atom. The van der Waals surface area contributed by atoms with Crippen molar-refractivity contribution in [1.29, 1.82) is 0 Å². The molecule has 242 valence electrons. The predicted molar refractivity (Wildman–Crippen MR) is 186 cm³/mol. The molecular formula is C35H36Cl3N3O4S. The second-order valence-electron chi connectivity index (χ2n) is 12.0. The highest BCUT2D eigenvalue weighted by atomic mass is 35.5. The Kier molecular flexibility index (Phi) is 11.4. The van der Waals surface area contributed by atoms with Crippen LogP contribution in [0.1, 0.15) is 37.5 Å². The average molecular weight is 701 g/mol. The van der Waals surface area contributed by atoms with Gasteiger partial charge in [0.2, 0.25) is 11.8 Å². The minimum atomic E-state index is -4.28. The zero-order valence-corrected chi connectivity index (χ0v) is 29.1. The van der Waals surface area contributed by atoms with Crippen molar-refractivity contribution in [3.8, 4) is 0 Å². The van der Waals surface area contributed by atoms with Crippen LogP contribution in [0.5, 0.6) is 0 Å². The van der Waals surface area contributed by atoms with Crippen LogP contribution in [-0.2, 0) is 32.6 Å². The van der Waals surface area contributed by atoms with Crippen LogP contribution in [0.4, 0.5) is 5.69 Å². The van der Waals surface area contributed by atoms with E-state index in [1.807, 2.05) is 58.0 Å². The van der Waals surface area contributed by atoms with Gasteiger partial charge in [-0.25, -0.2) is 8.42 Å². The van der Waals surface area contributed by atoms with Gasteiger partial charge in [0.25, 0.3) is 10.0 Å². The van der Waals surface area contributed by atoms with Crippen LogP contribution in [-0.4, -0.2) is 43.3 Å². The largest absolute Gasteiger partial charge is 0.350 e. The SMILES string of the molecule is Cc1ccc(S(=O)(=O)N(CC(=O)N(Cc2ccc(Cl)c(Cl)c2)[C@@H](Cc2ccccc2)C(=O)NC(C)(C)C)c2ccccc2Cl)cc1. The van der Waals surface area contributed by atoms with Crippen LogP contribution in [0.2, 0.25) is 15.1 Å². The second-order valence-corrected chi connectivity index (χ2v) is 15.1. The summed E-state index contributed by atoms with van der Waals surface area (Å²) in [5.74, 6) is -1.01. The molecule has 0 unspecified atom stereocenters. The Hall–Kier alpha value is -3.56. The molecule has 46 heavy (non-hydrogen) atoms. The highest BCUT2D eigenvalue weighted by molar-refractivity contribution is 7.92. The Morgan fingerprint density at radius 2 is 1.41 bits per heavy atom. The van der Waals surface area contributed by atoms with Gasteiger partial charge in [-0.15, -0.1) is 0 Å². The van der Waals surface area contributed by atoms with Gasteiger partial charge in [-0.3, -0.25) is 13.9 Å². The van der Waals surface area contributed by atoms with Crippen LogP contribution < -0.4 is 9.62 Å². The smallest absolute Gasteiger partial charge is 0.264 e. The van der Waals surface area contributed by atoms with E-state index in [0.717, 1.165) is 15.4 Å². The van der Waals surface area contributed by atoms with Crippen molar-refractivity contribution in [3.63, 3.8) is 0 Å². The normalized spacial score (nSPS) is 12.3. The van der Waals surface area contributed by atoms with E-state index in [4.69, 9.17) is 34.8 Å². The van der Waals surface area contributed by atoms with E-state index < -0.39 is 40.0 Å². The van der Waals surface area contributed by atoms with Crippen molar-refractivity contribution in [3.05, 3.63) is 129 Å². The zero-order chi connectivity index (χ0) is 33.6. The number of nitrogens with zero attached hydrogens (tertiary/aromatic N) is 2. The molecule has 7 nitrogen and oxygen atoms in total. The van der Waals surface area contributed by atoms with Gasteiger partial charge in [0.05, 0.1) is 25.7 Å². The number of anilines is 1. The monoisotopic (exact) mass is 699 g/mol. The Balaban J connectivity index is 1.84. The molecule has 11 heteroatoms. The fourth-order valence-corrected chi connectivity index (χ4v) is 6.89. The van der Waals surface area contributed by atoms with E-state index in [-0.39, 0.29) is 33.6 Å². The van der Waals surface area contributed by atoms with Crippen molar-refractivity contribution >= 4 is 62.3 Å². The summed E-state index contributed by atoms with van der Waals surface area (Å²) in [6, 6.07) is 26.0. The third kappa shape index (κ3) is 9.04. The lowest BCUT2D eigenvalue weighted by Crippen LogP contribution is -2.56. The summed E-state index contributed by atoms with van der Waals surface area (Å²) in [5, 5.41) is 3.77. The van der Waals surface area contributed by atoms with Crippen LogP contribution >= 0.6 is 34.8 Å². The Labute approximate surface area is 286 Å². The molecule has 0 fully saturated rings.